The molecule has 0 fully saturated rings. The van der Waals surface area contributed by atoms with Gasteiger partial charge in [-0.3, -0.25) is 9.69 Å². The number of likely N-dealkylation sites (N-methyl/N-ethyl adjacent to an activating group) is 2. The van der Waals surface area contributed by atoms with Crippen molar-refractivity contribution in [2.45, 2.75) is 26.1 Å². The lowest BCUT2D eigenvalue weighted by atomic mass is 10.2. The smallest absolute Gasteiger partial charge is 0.239 e. The number of amides is 1. The Bertz CT molecular complexity index is 405. The van der Waals surface area contributed by atoms with Crippen molar-refractivity contribution in [1.82, 2.24) is 24.6 Å². The molecule has 1 rings (SSSR count). The van der Waals surface area contributed by atoms with E-state index in [1.807, 2.05) is 30.5 Å². The van der Waals surface area contributed by atoms with E-state index in [0.29, 0.717) is 19.7 Å². The molecule has 0 spiro atoms. The summed E-state index contributed by atoms with van der Waals surface area (Å²) < 4.78 is 6.93. The van der Waals surface area contributed by atoms with Crippen molar-refractivity contribution in [2.75, 3.05) is 34.9 Å². The summed E-state index contributed by atoms with van der Waals surface area (Å²) in [7, 11) is 7.20. The number of nitrogens with zero attached hydrogens (tertiary/aromatic N) is 5. The third kappa shape index (κ3) is 4.29. The first-order valence-electron chi connectivity index (χ1n) is 6.24. The van der Waals surface area contributed by atoms with E-state index in [9.17, 15) is 4.79 Å². The van der Waals surface area contributed by atoms with Crippen LogP contribution in [0, 0.1) is 0 Å². The van der Waals surface area contributed by atoms with E-state index >= 15 is 0 Å². The van der Waals surface area contributed by atoms with Gasteiger partial charge in [-0.1, -0.05) is 0 Å². The quantitative estimate of drug-likeness (QED) is 0.688. The number of rotatable bonds is 7. The summed E-state index contributed by atoms with van der Waals surface area (Å²) in [4.78, 5) is 15.7. The lowest BCUT2D eigenvalue weighted by Crippen LogP contribution is -2.42. The summed E-state index contributed by atoms with van der Waals surface area (Å²) in [6.07, 6.45) is 1.65. The highest BCUT2D eigenvalue weighted by atomic mass is 16.5. The molecule has 108 valence electrons. The van der Waals surface area contributed by atoms with E-state index in [2.05, 4.69) is 10.2 Å². The second-order valence-electron chi connectivity index (χ2n) is 4.77. The summed E-state index contributed by atoms with van der Waals surface area (Å²) >= 11 is 0. The second-order valence-corrected chi connectivity index (χ2v) is 4.77. The number of hydrogen-bond acceptors (Lipinski definition) is 5. The Morgan fingerprint density at radius 2 is 2.16 bits per heavy atom. The van der Waals surface area contributed by atoms with E-state index in [4.69, 9.17) is 4.74 Å². The highest BCUT2D eigenvalue weighted by Crippen LogP contribution is 2.04. The first-order valence-corrected chi connectivity index (χ1v) is 6.24. The summed E-state index contributed by atoms with van der Waals surface area (Å²) in [6.45, 7) is 3.61. The molecule has 1 heterocycles. The van der Waals surface area contributed by atoms with Crippen LogP contribution in [-0.2, 0) is 22.6 Å². The largest absolute Gasteiger partial charge is 0.383 e. The molecule has 0 aliphatic rings. The number of ether oxygens (including phenoxy) is 1. The molecule has 1 amide bonds. The van der Waals surface area contributed by atoms with Gasteiger partial charge in [-0.05, 0) is 21.0 Å². The Kier molecular flexibility index (Phi) is 5.91. The van der Waals surface area contributed by atoms with E-state index in [1.54, 1.807) is 25.4 Å². The highest BCUT2D eigenvalue weighted by Gasteiger charge is 2.20. The van der Waals surface area contributed by atoms with Crippen molar-refractivity contribution in [1.29, 1.82) is 0 Å². The Morgan fingerprint density at radius 3 is 2.74 bits per heavy atom. The van der Waals surface area contributed by atoms with Crippen LogP contribution in [0.15, 0.2) is 6.33 Å². The number of methoxy groups -OCH3 is 1. The SMILES string of the molecule is COCCn1cnnc1CN(C)C(=O)[C@@H](C)N(C)C. The third-order valence-electron chi connectivity index (χ3n) is 3.12. The molecule has 0 aliphatic carbocycles. The molecular formula is C12H23N5O2. The average Bonchev–Trinajstić information content (AvgIpc) is 2.81. The molecule has 0 N–H and O–H groups in total. The van der Waals surface area contributed by atoms with Gasteiger partial charge in [0.25, 0.3) is 0 Å². The Balaban J connectivity index is 2.63. The van der Waals surface area contributed by atoms with Crippen LogP contribution in [0.5, 0.6) is 0 Å². The van der Waals surface area contributed by atoms with Crippen LogP contribution >= 0.6 is 0 Å². The predicted octanol–water partition coefficient (Wildman–Crippen LogP) is -0.167. The number of aromatic nitrogens is 3. The lowest BCUT2D eigenvalue weighted by Gasteiger charge is -2.25. The lowest BCUT2D eigenvalue weighted by molar-refractivity contribution is -0.134. The molecule has 0 aliphatic heterocycles. The second kappa shape index (κ2) is 7.20. The molecule has 0 bridgehead atoms. The maximum absolute atomic E-state index is 12.1. The minimum absolute atomic E-state index is 0.0614. The van der Waals surface area contributed by atoms with Gasteiger partial charge in [0.2, 0.25) is 5.91 Å². The molecule has 0 unspecified atom stereocenters. The minimum Gasteiger partial charge on any atom is -0.383 e. The van der Waals surface area contributed by atoms with Crippen molar-refractivity contribution < 1.29 is 9.53 Å². The van der Waals surface area contributed by atoms with Gasteiger partial charge in [0, 0.05) is 20.7 Å². The van der Waals surface area contributed by atoms with Crippen molar-refractivity contribution in [3.05, 3.63) is 12.2 Å². The van der Waals surface area contributed by atoms with Gasteiger partial charge in [0.15, 0.2) is 5.82 Å². The van der Waals surface area contributed by atoms with Crippen molar-refractivity contribution in [3.8, 4) is 0 Å². The zero-order valence-corrected chi connectivity index (χ0v) is 12.3. The summed E-state index contributed by atoms with van der Waals surface area (Å²) in [6, 6.07) is -0.152. The molecule has 0 radical (unpaired) electrons. The molecule has 1 atom stereocenters. The fraction of sp³-hybridized carbons (Fsp3) is 0.750. The van der Waals surface area contributed by atoms with Crippen molar-refractivity contribution in [3.63, 3.8) is 0 Å². The number of carbonyl (C=O) groups is 1. The van der Waals surface area contributed by atoms with Gasteiger partial charge in [-0.2, -0.15) is 0 Å². The van der Waals surface area contributed by atoms with Crippen LogP contribution in [0.2, 0.25) is 0 Å². The van der Waals surface area contributed by atoms with Crippen LogP contribution < -0.4 is 0 Å². The molecule has 0 saturated heterocycles. The van der Waals surface area contributed by atoms with E-state index in [-0.39, 0.29) is 11.9 Å². The highest BCUT2D eigenvalue weighted by molar-refractivity contribution is 5.81. The Morgan fingerprint density at radius 1 is 1.47 bits per heavy atom. The van der Waals surface area contributed by atoms with Gasteiger partial charge in [-0.25, -0.2) is 0 Å². The molecule has 1 aromatic heterocycles. The van der Waals surface area contributed by atoms with Gasteiger partial charge in [0.1, 0.15) is 6.33 Å². The molecule has 0 aromatic carbocycles. The Hall–Kier alpha value is -1.47. The van der Waals surface area contributed by atoms with Gasteiger partial charge < -0.3 is 14.2 Å². The zero-order valence-electron chi connectivity index (χ0n) is 12.3. The maximum atomic E-state index is 12.1. The molecule has 7 nitrogen and oxygen atoms in total. The monoisotopic (exact) mass is 269 g/mol. The van der Waals surface area contributed by atoms with Gasteiger partial charge in [0.05, 0.1) is 19.2 Å². The minimum atomic E-state index is -0.152. The fourth-order valence-corrected chi connectivity index (χ4v) is 1.61. The number of carbonyl (C=O) groups excluding carboxylic acids is 1. The van der Waals surface area contributed by atoms with Crippen LogP contribution in [0.3, 0.4) is 0 Å². The molecule has 7 heteroatoms. The molecule has 1 aromatic rings. The first-order chi connectivity index (χ1) is 8.97. The third-order valence-corrected chi connectivity index (χ3v) is 3.12. The topological polar surface area (TPSA) is 63.5 Å². The van der Waals surface area contributed by atoms with Crippen molar-refractivity contribution in [2.24, 2.45) is 0 Å². The summed E-state index contributed by atoms with van der Waals surface area (Å²) in [5.74, 6) is 0.824. The Labute approximate surface area is 114 Å². The zero-order chi connectivity index (χ0) is 14.4. The van der Waals surface area contributed by atoms with Gasteiger partial charge >= 0.3 is 0 Å². The van der Waals surface area contributed by atoms with Gasteiger partial charge in [-0.15, -0.1) is 10.2 Å². The fourth-order valence-electron chi connectivity index (χ4n) is 1.61. The average molecular weight is 269 g/mol. The molecule has 0 saturated carbocycles. The molecule has 19 heavy (non-hydrogen) atoms. The van der Waals surface area contributed by atoms with Crippen LogP contribution in [0.4, 0.5) is 0 Å². The van der Waals surface area contributed by atoms with E-state index < -0.39 is 0 Å². The predicted molar refractivity (Wildman–Crippen MR) is 71.5 cm³/mol. The molecular weight excluding hydrogens is 246 g/mol. The summed E-state index contributed by atoms with van der Waals surface area (Å²) in [5.41, 5.74) is 0. The first kappa shape index (κ1) is 15.6. The standard InChI is InChI=1S/C12H23N5O2/c1-10(15(2)3)12(18)16(4)8-11-14-13-9-17(11)6-7-19-5/h9-10H,6-8H2,1-5H3/t10-/m1/s1. The van der Waals surface area contributed by atoms with Crippen molar-refractivity contribution >= 4 is 5.91 Å². The van der Waals surface area contributed by atoms with Crippen LogP contribution in [0.25, 0.3) is 0 Å². The summed E-state index contributed by atoms with van der Waals surface area (Å²) in [5, 5.41) is 7.92. The van der Waals surface area contributed by atoms with Crippen LogP contribution in [-0.4, -0.2) is 71.4 Å². The normalized spacial score (nSPS) is 12.7. The van der Waals surface area contributed by atoms with E-state index in [1.165, 1.54) is 0 Å². The van der Waals surface area contributed by atoms with E-state index in [0.717, 1.165) is 5.82 Å². The maximum Gasteiger partial charge on any atom is 0.239 e. The van der Waals surface area contributed by atoms with Crippen LogP contribution in [0.1, 0.15) is 12.7 Å². The number of hydrogen-bond donors (Lipinski definition) is 0.